The Labute approximate surface area is 182 Å². The zero-order valence-electron chi connectivity index (χ0n) is 17.8. The third-order valence-electron chi connectivity index (χ3n) is 7.31. The van der Waals surface area contributed by atoms with Crippen LogP contribution in [-0.4, -0.2) is 11.0 Å². The lowest BCUT2D eigenvalue weighted by atomic mass is 9.75. The molecule has 1 aliphatic carbocycles. The van der Waals surface area contributed by atoms with Gasteiger partial charge in [0.1, 0.15) is 5.82 Å². The van der Waals surface area contributed by atoms with E-state index >= 15 is 0 Å². The summed E-state index contributed by atoms with van der Waals surface area (Å²) in [6.07, 6.45) is 0.728. The molecular formula is C27H26FNO2. The number of rotatable bonds is 5. The van der Waals surface area contributed by atoms with E-state index in [0.29, 0.717) is 6.54 Å². The number of benzene rings is 3. The third kappa shape index (κ3) is 2.71. The number of amides is 1. The highest BCUT2D eigenvalue weighted by molar-refractivity contribution is 6.12. The van der Waals surface area contributed by atoms with Crippen molar-refractivity contribution in [3.63, 3.8) is 0 Å². The van der Waals surface area contributed by atoms with Gasteiger partial charge in [0.15, 0.2) is 0 Å². The molecule has 1 amide bonds. The summed E-state index contributed by atoms with van der Waals surface area (Å²) in [5.74, 6) is 0.0645. The summed E-state index contributed by atoms with van der Waals surface area (Å²) in [6.45, 7) is 4.75. The van der Waals surface area contributed by atoms with E-state index in [1.165, 1.54) is 12.1 Å². The first-order valence-electron chi connectivity index (χ1n) is 10.8. The van der Waals surface area contributed by atoms with Crippen LogP contribution < -0.4 is 4.90 Å². The van der Waals surface area contributed by atoms with Crippen LogP contribution >= 0.6 is 0 Å². The highest BCUT2D eigenvalue weighted by Crippen LogP contribution is 2.73. The van der Waals surface area contributed by atoms with Gasteiger partial charge in [-0.2, -0.15) is 0 Å². The first-order chi connectivity index (χ1) is 14.9. The fourth-order valence-corrected chi connectivity index (χ4v) is 5.79. The van der Waals surface area contributed by atoms with Crippen molar-refractivity contribution in [3.8, 4) is 0 Å². The minimum atomic E-state index is -0.621. The molecular weight excluding hydrogens is 389 g/mol. The van der Waals surface area contributed by atoms with Gasteiger partial charge in [0.2, 0.25) is 5.91 Å². The number of anilines is 1. The lowest BCUT2D eigenvalue weighted by molar-refractivity contribution is -0.121. The smallest absolute Gasteiger partial charge is 0.238 e. The molecule has 1 saturated carbocycles. The molecule has 1 fully saturated rings. The van der Waals surface area contributed by atoms with E-state index in [1.807, 2.05) is 59.5 Å². The Morgan fingerprint density at radius 3 is 2.42 bits per heavy atom. The van der Waals surface area contributed by atoms with Gasteiger partial charge in [-0.3, -0.25) is 4.79 Å². The second-order valence-corrected chi connectivity index (χ2v) is 9.10. The zero-order valence-corrected chi connectivity index (χ0v) is 17.8. The normalized spacial score (nSPS) is 24.2. The maximum atomic E-state index is 14.1. The summed E-state index contributed by atoms with van der Waals surface area (Å²) in [6, 6.07) is 22.5. The highest BCUT2D eigenvalue weighted by Gasteiger charge is 2.77. The molecule has 1 heterocycles. The highest BCUT2D eigenvalue weighted by atomic mass is 19.1. The molecule has 0 radical (unpaired) electrons. The van der Waals surface area contributed by atoms with Gasteiger partial charge in [0.25, 0.3) is 0 Å². The van der Waals surface area contributed by atoms with Gasteiger partial charge in [-0.25, -0.2) is 4.39 Å². The molecule has 1 aliphatic heterocycles. The molecule has 5 rings (SSSR count). The predicted octanol–water partition coefficient (Wildman–Crippen LogP) is 5.10. The summed E-state index contributed by atoms with van der Waals surface area (Å²) in [5.41, 5.74) is 3.89. The quantitative estimate of drug-likeness (QED) is 0.630. The van der Waals surface area contributed by atoms with Crippen molar-refractivity contribution in [2.75, 3.05) is 4.90 Å². The van der Waals surface area contributed by atoms with Crippen molar-refractivity contribution in [2.45, 2.75) is 44.2 Å². The van der Waals surface area contributed by atoms with Gasteiger partial charge in [-0.1, -0.05) is 68.4 Å². The van der Waals surface area contributed by atoms with Crippen molar-refractivity contribution >= 4 is 11.6 Å². The molecule has 4 heteroatoms. The molecule has 3 aromatic carbocycles. The third-order valence-corrected chi connectivity index (χ3v) is 7.31. The SMILES string of the molecule is CC(C)C1(c2ccc(F)cc2)CC12C(=O)N(Cc1cccc(CO)c1)c1ccccc12. The van der Waals surface area contributed by atoms with Crippen molar-refractivity contribution < 1.29 is 14.3 Å². The van der Waals surface area contributed by atoms with Crippen molar-refractivity contribution in [2.24, 2.45) is 5.92 Å². The van der Waals surface area contributed by atoms with Crippen LogP contribution in [0.2, 0.25) is 0 Å². The standard InChI is InChI=1S/C27H26FNO2/c1-18(2)26(21-10-12-22(28)13-11-21)17-27(26)23-8-3-4-9-24(23)29(25(27)31)15-19-6-5-7-20(14-19)16-30/h3-14,18,30H,15-17H2,1-2H3. The number of carbonyl (C=O) groups is 1. The number of fused-ring (bicyclic) bond motifs is 2. The maximum Gasteiger partial charge on any atom is 0.238 e. The van der Waals surface area contributed by atoms with Crippen LogP contribution in [-0.2, 0) is 28.8 Å². The molecule has 2 atom stereocenters. The minimum Gasteiger partial charge on any atom is -0.392 e. The number of aliphatic hydroxyl groups excluding tert-OH is 1. The van der Waals surface area contributed by atoms with Crippen molar-refractivity contribution in [1.82, 2.24) is 0 Å². The molecule has 3 aromatic rings. The number of nitrogens with zero attached hydrogens (tertiary/aromatic N) is 1. The molecule has 158 valence electrons. The van der Waals surface area contributed by atoms with E-state index < -0.39 is 5.41 Å². The molecule has 1 N–H and O–H groups in total. The van der Waals surface area contributed by atoms with Gasteiger partial charge in [0, 0.05) is 11.1 Å². The lowest BCUT2D eigenvalue weighted by Gasteiger charge is -2.27. The van der Waals surface area contributed by atoms with Gasteiger partial charge < -0.3 is 10.0 Å². The van der Waals surface area contributed by atoms with Crippen LogP contribution in [0.15, 0.2) is 72.8 Å². The molecule has 0 bridgehead atoms. The Morgan fingerprint density at radius 2 is 1.71 bits per heavy atom. The first-order valence-corrected chi connectivity index (χ1v) is 10.8. The average Bonchev–Trinajstić information content (AvgIpc) is 3.45. The number of hydrogen-bond acceptors (Lipinski definition) is 2. The van der Waals surface area contributed by atoms with Crippen LogP contribution in [0.1, 0.15) is 42.5 Å². The van der Waals surface area contributed by atoms with Crippen LogP contribution in [0.4, 0.5) is 10.1 Å². The van der Waals surface area contributed by atoms with E-state index in [4.69, 9.17) is 0 Å². The average molecular weight is 416 g/mol. The van der Waals surface area contributed by atoms with Gasteiger partial charge >= 0.3 is 0 Å². The van der Waals surface area contributed by atoms with Crippen molar-refractivity contribution in [3.05, 3.63) is 101 Å². The van der Waals surface area contributed by atoms with Gasteiger partial charge in [0.05, 0.1) is 18.6 Å². The Balaban J connectivity index is 1.61. The van der Waals surface area contributed by atoms with Crippen LogP contribution in [0.5, 0.6) is 0 Å². The van der Waals surface area contributed by atoms with Gasteiger partial charge in [-0.05, 0) is 52.8 Å². The Bertz CT molecular complexity index is 1160. The predicted molar refractivity (Wildman–Crippen MR) is 119 cm³/mol. The number of aliphatic hydroxyl groups is 1. The molecule has 0 saturated heterocycles. The number of halogens is 1. The van der Waals surface area contributed by atoms with E-state index in [2.05, 4.69) is 19.9 Å². The van der Waals surface area contributed by atoms with Crippen molar-refractivity contribution in [1.29, 1.82) is 0 Å². The second kappa shape index (κ2) is 7.03. The topological polar surface area (TPSA) is 40.5 Å². The number of para-hydroxylation sites is 1. The Kier molecular flexibility index (Phi) is 4.52. The fraction of sp³-hybridized carbons (Fsp3) is 0.296. The Hall–Kier alpha value is -2.98. The fourth-order valence-electron chi connectivity index (χ4n) is 5.79. The second-order valence-electron chi connectivity index (χ2n) is 9.10. The molecule has 0 aromatic heterocycles. The summed E-state index contributed by atoms with van der Waals surface area (Å²) in [4.78, 5) is 16.0. The molecule has 3 nitrogen and oxygen atoms in total. The summed E-state index contributed by atoms with van der Waals surface area (Å²) >= 11 is 0. The largest absolute Gasteiger partial charge is 0.392 e. The summed E-state index contributed by atoms with van der Waals surface area (Å²) in [5, 5.41) is 9.49. The molecule has 31 heavy (non-hydrogen) atoms. The van der Waals surface area contributed by atoms with E-state index in [1.54, 1.807) is 0 Å². The van der Waals surface area contributed by atoms with Gasteiger partial charge in [-0.15, -0.1) is 0 Å². The van der Waals surface area contributed by atoms with E-state index in [9.17, 15) is 14.3 Å². The monoisotopic (exact) mass is 415 g/mol. The first kappa shape index (κ1) is 20.0. The molecule has 2 unspecified atom stereocenters. The Morgan fingerprint density at radius 1 is 1.00 bits per heavy atom. The molecule has 1 spiro atoms. The summed E-state index contributed by atoms with van der Waals surface area (Å²) in [7, 11) is 0. The van der Waals surface area contributed by atoms with Crippen LogP contribution in [0, 0.1) is 11.7 Å². The lowest BCUT2D eigenvalue weighted by Crippen LogP contribution is -2.38. The van der Waals surface area contributed by atoms with E-state index in [-0.39, 0.29) is 29.7 Å². The number of hydrogen-bond donors (Lipinski definition) is 1. The zero-order chi connectivity index (χ0) is 21.8. The van der Waals surface area contributed by atoms with E-state index in [0.717, 1.165) is 34.4 Å². The number of carbonyl (C=O) groups excluding carboxylic acids is 1. The molecule has 2 aliphatic rings. The minimum absolute atomic E-state index is 0.0245. The maximum absolute atomic E-state index is 14.1. The summed E-state index contributed by atoms with van der Waals surface area (Å²) < 4.78 is 13.7. The van der Waals surface area contributed by atoms with Crippen LogP contribution in [0.3, 0.4) is 0 Å². The van der Waals surface area contributed by atoms with Crippen LogP contribution in [0.25, 0.3) is 0 Å².